The van der Waals surface area contributed by atoms with Crippen LogP contribution in [0.3, 0.4) is 0 Å². The number of sulfonamides is 1. The zero-order valence-electron chi connectivity index (χ0n) is 21.2. The van der Waals surface area contributed by atoms with Crippen molar-refractivity contribution in [2.45, 2.75) is 30.7 Å². The van der Waals surface area contributed by atoms with Gasteiger partial charge in [-0.1, -0.05) is 85.8 Å². The van der Waals surface area contributed by atoms with Crippen molar-refractivity contribution < 1.29 is 27.9 Å². The number of carbonyl (C=O) groups is 3. The number of carbonyl (C=O) groups excluding carboxylic acids is 2. The van der Waals surface area contributed by atoms with Crippen molar-refractivity contribution in [1.82, 2.24) is 4.31 Å². The average Bonchev–Trinajstić information content (AvgIpc) is 2.95. The van der Waals surface area contributed by atoms with Crippen molar-refractivity contribution in [2.24, 2.45) is 11.7 Å². The third kappa shape index (κ3) is 5.74. The Morgan fingerprint density at radius 1 is 0.846 bits per heavy atom. The molecule has 0 heterocycles. The number of hydrogen-bond donors (Lipinski definition) is 2. The van der Waals surface area contributed by atoms with Crippen LogP contribution in [0.5, 0.6) is 0 Å². The highest BCUT2D eigenvalue weighted by atomic mass is 32.2. The quantitative estimate of drug-likeness (QED) is 0.325. The molecule has 3 N–H and O–H groups in total. The Balaban J connectivity index is 1.82. The number of hydrogen-bond acceptors (Lipinski definition) is 6. The molecule has 1 unspecified atom stereocenters. The number of aliphatic carboxylic acids is 1. The molecule has 8 nitrogen and oxygen atoms in total. The molecule has 2 amide bonds. The molecule has 200 valence electrons. The molecule has 4 aromatic carbocycles. The molecule has 0 aliphatic carbocycles. The first kappa shape index (κ1) is 27.7. The van der Waals surface area contributed by atoms with Crippen LogP contribution in [0.1, 0.15) is 28.4 Å². The van der Waals surface area contributed by atoms with E-state index in [1.807, 2.05) is 0 Å². The second-order valence-corrected chi connectivity index (χ2v) is 10.9. The third-order valence-electron chi connectivity index (χ3n) is 6.61. The first-order valence-electron chi connectivity index (χ1n) is 12.4. The van der Waals surface area contributed by atoms with E-state index in [9.17, 15) is 27.9 Å². The van der Waals surface area contributed by atoms with E-state index in [0.29, 0.717) is 22.9 Å². The lowest BCUT2D eigenvalue weighted by molar-refractivity contribution is -0.145. The van der Waals surface area contributed by atoms with Crippen LogP contribution in [0, 0.1) is 5.92 Å². The molecule has 0 spiro atoms. The van der Waals surface area contributed by atoms with Crippen LogP contribution in [0.4, 0.5) is 0 Å². The number of carboxylic acid groups (broad SMARTS) is 1. The van der Waals surface area contributed by atoms with Crippen LogP contribution in [0.2, 0.25) is 0 Å². The molecule has 39 heavy (non-hydrogen) atoms. The summed E-state index contributed by atoms with van der Waals surface area (Å²) in [7, 11) is -4.78. The summed E-state index contributed by atoms with van der Waals surface area (Å²) in [4.78, 5) is 39.5. The normalized spacial score (nSPS) is 13.0. The summed E-state index contributed by atoms with van der Waals surface area (Å²) in [5.74, 6) is -5.28. The number of aryl methyl sites for hydroxylation is 1. The van der Waals surface area contributed by atoms with Crippen molar-refractivity contribution >= 4 is 38.6 Å². The van der Waals surface area contributed by atoms with E-state index >= 15 is 0 Å². The number of rotatable bonds is 9. The standard InChI is InChI=1S/C30H28N2O6S/c1-2-21-12-8-9-15-25(21)28(33)32(39(37,38)24-17-16-22-13-6-7-14-23(22)19-24)29(34)27(31)26(30(35)36)18-20-10-4-3-5-11-20/h3-17,19,26-27H,2,18,31H2,1H3,(H,35,36)/t26?,27-/m0/s1. The van der Waals surface area contributed by atoms with E-state index in [2.05, 4.69) is 0 Å². The monoisotopic (exact) mass is 544 g/mol. The smallest absolute Gasteiger partial charge is 0.308 e. The Kier molecular flexibility index (Phi) is 8.23. The SMILES string of the molecule is CCc1ccccc1C(=O)N(C(=O)[C@@H](N)C(Cc1ccccc1)C(=O)O)S(=O)(=O)c1ccc2ccccc2c1. The van der Waals surface area contributed by atoms with Gasteiger partial charge >= 0.3 is 5.97 Å². The van der Waals surface area contributed by atoms with Gasteiger partial charge in [0.05, 0.1) is 16.9 Å². The van der Waals surface area contributed by atoms with Crippen LogP contribution in [0.25, 0.3) is 10.8 Å². The van der Waals surface area contributed by atoms with Crippen molar-refractivity contribution in [2.75, 3.05) is 0 Å². The van der Waals surface area contributed by atoms with Crippen LogP contribution in [0.15, 0.2) is 102 Å². The topological polar surface area (TPSA) is 135 Å². The Bertz CT molecular complexity index is 1640. The Morgan fingerprint density at radius 3 is 2.13 bits per heavy atom. The molecule has 0 radical (unpaired) electrons. The highest BCUT2D eigenvalue weighted by molar-refractivity contribution is 7.90. The summed E-state index contributed by atoms with van der Waals surface area (Å²) >= 11 is 0. The molecule has 0 aliphatic heterocycles. The second kappa shape index (κ2) is 11.6. The third-order valence-corrected chi connectivity index (χ3v) is 8.28. The van der Waals surface area contributed by atoms with Crippen LogP contribution < -0.4 is 5.73 Å². The fraction of sp³-hybridized carbons (Fsp3) is 0.167. The van der Waals surface area contributed by atoms with Gasteiger partial charge in [0.2, 0.25) is 0 Å². The van der Waals surface area contributed by atoms with Gasteiger partial charge in [-0.05, 0) is 52.9 Å². The average molecular weight is 545 g/mol. The highest BCUT2D eigenvalue weighted by Gasteiger charge is 2.43. The number of imide groups is 1. The number of amides is 2. The Hall–Kier alpha value is -4.34. The molecule has 4 aromatic rings. The molecule has 0 fully saturated rings. The maximum absolute atomic E-state index is 14.0. The molecule has 4 rings (SSSR count). The molecule has 0 aromatic heterocycles. The number of benzene rings is 4. The molecule has 9 heteroatoms. The summed E-state index contributed by atoms with van der Waals surface area (Å²) < 4.78 is 28.1. The lowest BCUT2D eigenvalue weighted by Crippen LogP contribution is -2.54. The molecule has 0 saturated carbocycles. The van der Waals surface area contributed by atoms with Crippen molar-refractivity contribution in [1.29, 1.82) is 0 Å². The van der Waals surface area contributed by atoms with Crippen molar-refractivity contribution in [3.8, 4) is 0 Å². The number of nitrogens with zero attached hydrogens (tertiary/aromatic N) is 1. The Morgan fingerprint density at radius 2 is 1.46 bits per heavy atom. The lowest BCUT2D eigenvalue weighted by atomic mass is 9.92. The fourth-order valence-corrected chi connectivity index (χ4v) is 5.85. The molecule has 0 saturated heterocycles. The first-order valence-corrected chi connectivity index (χ1v) is 13.8. The maximum Gasteiger partial charge on any atom is 0.308 e. The van der Waals surface area contributed by atoms with Gasteiger partial charge in [0, 0.05) is 5.56 Å². The van der Waals surface area contributed by atoms with E-state index < -0.39 is 39.8 Å². The minimum Gasteiger partial charge on any atom is -0.481 e. The molecule has 0 bridgehead atoms. The van der Waals surface area contributed by atoms with Crippen molar-refractivity contribution in [3.63, 3.8) is 0 Å². The van der Waals surface area contributed by atoms with Crippen LogP contribution >= 0.6 is 0 Å². The predicted molar refractivity (Wildman–Crippen MR) is 147 cm³/mol. The van der Waals surface area contributed by atoms with Gasteiger partial charge < -0.3 is 10.8 Å². The highest BCUT2D eigenvalue weighted by Crippen LogP contribution is 2.26. The van der Waals surface area contributed by atoms with E-state index in [1.54, 1.807) is 85.8 Å². The van der Waals surface area contributed by atoms with Gasteiger partial charge in [0.1, 0.15) is 0 Å². The number of nitrogens with two attached hydrogens (primary N) is 1. The van der Waals surface area contributed by atoms with Gasteiger partial charge in [-0.15, -0.1) is 0 Å². The van der Waals surface area contributed by atoms with Gasteiger partial charge in [0.15, 0.2) is 0 Å². The van der Waals surface area contributed by atoms with Gasteiger partial charge in [-0.25, -0.2) is 8.42 Å². The lowest BCUT2D eigenvalue weighted by Gasteiger charge is -2.27. The van der Waals surface area contributed by atoms with Crippen LogP contribution in [-0.4, -0.2) is 41.7 Å². The van der Waals surface area contributed by atoms with E-state index in [-0.39, 0.29) is 21.2 Å². The van der Waals surface area contributed by atoms with Gasteiger partial charge in [0.25, 0.3) is 21.8 Å². The zero-order valence-corrected chi connectivity index (χ0v) is 22.0. The summed E-state index contributed by atoms with van der Waals surface area (Å²) in [5, 5.41) is 11.3. The second-order valence-electron chi connectivity index (χ2n) is 9.09. The summed E-state index contributed by atoms with van der Waals surface area (Å²) in [6.45, 7) is 1.79. The maximum atomic E-state index is 14.0. The molecular formula is C30H28N2O6S. The van der Waals surface area contributed by atoms with Gasteiger partial charge in [-0.3, -0.25) is 14.4 Å². The largest absolute Gasteiger partial charge is 0.481 e. The van der Waals surface area contributed by atoms with E-state index in [0.717, 1.165) is 5.39 Å². The molecular weight excluding hydrogens is 516 g/mol. The predicted octanol–water partition coefficient (Wildman–Crippen LogP) is 4.03. The number of carboxylic acids is 1. The van der Waals surface area contributed by atoms with E-state index in [4.69, 9.17) is 5.73 Å². The first-order chi connectivity index (χ1) is 18.6. The van der Waals surface area contributed by atoms with E-state index in [1.165, 1.54) is 18.2 Å². The molecule has 2 atom stereocenters. The summed E-state index contributed by atoms with van der Waals surface area (Å²) in [5.41, 5.74) is 7.31. The number of fused-ring (bicyclic) bond motifs is 1. The van der Waals surface area contributed by atoms with Gasteiger partial charge in [-0.2, -0.15) is 4.31 Å². The Labute approximate surface area is 226 Å². The minimum absolute atomic E-state index is 0.0137. The van der Waals surface area contributed by atoms with Crippen molar-refractivity contribution in [3.05, 3.63) is 114 Å². The summed E-state index contributed by atoms with van der Waals surface area (Å²) in [6, 6.07) is 24.4. The van der Waals surface area contributed by atoms with Crippen LogP contribution in [-0.2, 0) is 32.5 Å². The zero-order chi connectivity index (χ0) is 28.2. The fourth-order valence-electron chi connectivity index (χ4n) is 4.45. The minimum atomic E-state index is -4.78. The molecule has 0 aliphatic rings. The summed E-state index contributed by atoms with van der Waals surface area (Å²) in [6.07, 6.45) is 0.268.